The van der Waals surface area contributed by atoms with Gasteiger partial charge in [-0.1, -0.05) is 50.2 Å². The molecule has 3 aromatic carbocycles. The molecule has 0 aliphatic heterocycles. The minimum absolute atomic E-state index is 0.0109. The van der Waals surface area contributed by atoms with Gasteiger partial charge in [-0.25, -0.2) is 8.42 Å². The largest absolute Gasteiger partial charge is 0.348 e. The summed E-state index contributed by atoms with van der Waals surface area (Å²) in [7, 11) is -3.86. The van der Waals surface area contributed by atoms with Crippen LogP contribution < -0.4 is 15.4 Å². The minimum atomic E-state index is -3.86. The lowest BCUT2D eigenvalue weighted by Gasteiger charge is -2.13. The molecule has 3 aromatic rings. The smallest absolute Gasteiger partial charge is 0.261 e. The van der Waals surface area contributed by atoms with Crippen LogP contribution in [0.25, 0.3) is 0 Å². The van der Waals surface area contributed by atoms with E-state index >= 15 is 0 Å². The van der Waals surface area contributed by atoms with Crippen molar-refractivity contribution in [1.29, 1.82) is 0 Å². The number of nitrogens with one attached hydrogen (secondary N) is 3. The lowest BCUT2D eigenvalue weighted by Crippen LogP contribution is -2.24. The molecule has 0 unspecified atom stereocenters. The SMILES string of the molecule is Cc1ccccc1NS(=O)(=O)c1ccc(C)c(C(=O)NCc2ccc(NC(=O)C(C)C)cc2)c1. The van der Waals surface area contributed by atoms with Crippen molar-refractivity contribution in [2.24, 2.45) is 5.92 Å². The van der Waals surface area contributed by atoms with E-state index in [1.54, 1.807) is 37.3 Å². The highest BCUT2D eigenvalue weighted by Crippen LogP contribution is 2.21. The summed E-state index contributed by atoms with van der Waals surface area (Å²) in [5, 5.41) is 5.65. The monoisotopic (exact) mass is 479 g/mol. The predicted molar refractivity (Wildman–Crippen MR) is 134 cm³/mol. The molecule has 7 nitrogen and oxygen atoms in total. The van der Waals surface area contributed by atoms with Gasteiger partial charge in [-0.15, -0.1) is 0 Å². The number of anilines is 2. The summed E-state index contributed by atoms with van der Waals surface area (Å²) >= 11 is 0. The fourth-order valence-corrected chi connectivity index (χ4v) is 4.33. The quantitative estimate of drug-likeness (QED) is 0.438. The van der Waals surface area contributed by atoms with Crippen molar-refractivity contribution in [3.63, 3.8) is 0 Å². The first-order valence-electron chi connectivity index (χ1n) is 10.9. The van der Waals surface area contributed by atoms with Crippen molar-refractivity contribution in [1.82, 2.24) is 5.32 Å². The highest BCUT2D eigenvalue weighted by Gasteiger charge is 2.19. The van der Waals surface area contributed by atoms with Crippen LogP contribution in [0, 0.1) is 19.8 Å². The van der Waals surface area contributed by atoms with Gasteiger partial charge in [0.05, 0.1) is 10.6 Å². The van der Waals surface area contributed by atoms with Crippen LogP contribution in [-0.2, 0) is 21.4 Å². The van der Waals surface area contributed by atoms with Gasteiger partial charge in [0.2, 0.25) is 5.91 Å². The van der Waals surface area contributed by atoms with E-state index in [0.29, 0.717) is 16.9 Å². The van der Waals surface area contributed by atoms with E-state index in [9.17, 15) is 18.0 Å². The van der Waals surface area contributed by atoms with Gasteiger partial charge in [0, 0.05) is 23.7 Å². The topological polar surface area (TPSA) is 104 Å². The van der Waals surface area contributed by atoms with E-state index < -0.39 is 10.0 Å². The lowest BCUT2D eigenvalue weighted by molar-refractivity contribution is -0.118. The molecule has 2 amide bonds. The van der Waals surface area contributed by atoms with Gasteiger partial charge < -0.3 is 10.6 Å². The number of hydrogen-bond acceptors (Lipinski definition) is 4. The number of rotatable bonds is 8. The highest BCUT2D eigenvalue weighted by atomic mass is 32.2. The standard InChI is InChI=1S/C26H29N3O4S/c1-17(2)25(30)28-21-12-10-20(11-13-21)16-27-26(31)23-15-22(14-9-18(23)3)34(32,33)29-24-8-6-5-7-19(24)4/h5-15,17,29H,16H2,1-4H3,(H,27,31)(H,28,30). The summed E-state index contributed by atoms with van der Waals surface area (Å²) in [6.07, 6.45) is 0. The molecule has 0 bridgehead atoms. The Morgan fingerprint density at radius 2 is 1.56 bits per heavy atom. The number of carbonyl (C=O) groups excluding carboxylic acids is 2. The third kappa shape index (κ3) is 6.23. The molecule has 8 heteroatoms. The molecule has 0 saturated carbocycles. The summed E-state index contributed by atoms with van der Waals surface area (Å²) in [5.74, 6) is -0.556. The molecule has 178 valence electrons. The van der Waals surface area contributed by atoms with Crippen LogP contribution >= 0.6 is 0 Å². The molecule has 3 N–H and O–H groups in total. The second-order valence-electron chi connectivity index (χ2n) is 8.42. The summed E-state index contributed by atoms with van der Waals surface area (Å²) in [4.78, 5) is 24.6. The van der Waals surface area contributed by atoms with Gasteiger partial charge in [-0.3, -0.25) is 14.3 Å². The Morgan fingerprint density at radius 1 is 0.882 bits per heavy atom. The Morgan fingerprint density at radius 3 is 2.21 bits per heavy atom. The fraction of sp³-hybridized carbons (Fsp3) is 0.231. The molecule has 0 heterocycles. The predicted octanol–water partition coefficient (Wildman–Crippen LogP) is 4.63. The van der Waals surface area contributed by atoms with Crippen LogP contribution in [0.3, 0.4) is 0 Å². The number of benzene rings is 3. The molecule has 0 aliphatic carbocycles. The number of hydrogen-bond donors (Lipinski definition) is 3. The van der Waals surface area contributed by atoms with Crippen LogP contribution in [0.5, 0.6) is 0 Å². The van der Waals surface area contributed by atoms with Crippen molar-refractivity contribution < 1.29 is 18.0 Å². The van der Waals surface area contributed by atoms with E-state index in [2.05, 4.69) is 15.4 Å². The number of sulfonamides is 1. The number of para-hydroxylation sites is 1. The number of carbonyl (C=O) groups is 2. The number of aryl methyl sites for hydroxylation is 2. The summed E-state index contributed by atoms with van der Waals surface area (Å²) in [5.41, 5.74) is 3.77. The Hall–Kier alpha value is -3.65. The van der Waals surface area contributed by atoms with E-state index in [1.807, 2.05) is 45.0 Å². The van der Waals surface area contributed by atoms with E-state index in [4.69, 9.17) is 0 Å². The average Bonchev–Trinajstić information content (AvgIpc) is 2.80. The maximum absolute atomic E-state index is 12.9. The molecule has 0 radical (unpaired) electrons. The van der Waals surface area contributed by atoms with E-state index in [-0.39, 0.29) is 34.7 Å². The first-order valence-corrected chi connectivity index (χ1v) is 12.4. The van der Waals surface area contributed by atoms with Crippen LogP contribution in [-0.4, -0.2) is 20.2 Å². The zero-order valence-electron chi connectivity index (χ0n) is 19.7. The molecule has 34 heavy (non-hydrogen) atoms. The van der Waals surface area contributed by atoms with Gasteiger partial charge in [0.25, 0.3) is 15.9 Å². The molecular formula is C26H29N3O4S. The summed E-state index contributed by atoms with van der Waals surface area (Å²) in [6, 6.07) is 18.8. The van der Waals surface area contributed by atoms with Gasteiger partial charge in [-0.05, 0) is 60.9 Å². The third-order valence-corrected chi connectivity index (χ3v) is 6.72. The van der Waals surface area contributed by atoms with E-state index in [1.165, 1.54) is 12.1 Å². The van der Waals surface area contributed by atoms with E-state index in [0.717, 1.165) is 11.1 Å². The van der Waals surface area contributed by atoms with Crippen LogP contribution in [0.15, 0.2) is 71.6 Å². The second-order valence-corrected chi connectivity index (χ2v) is 10.1. The maximum atomic E-state index is 12.9. The Kier molecular flexibility index (Phi) is 7.73. The molecule has 0 aromatic heterocycles. The maximum Gasteiger partial charge on any atom is 0.261 e. The highest BCUT2D eigenvalue weighted by molar-refractivity contribution is 7.92. The second kappa shape index (κ2) is 10.5. The van der Waals surface area contributed by atoms with Crippen molar-refractivity contribution in [3.05, 3.63) is 89.0 Å². The van der Waals surface area contributed by atoms with Gasteiger partial charge in [0.15, 0.2) is 0 Å². The van der Waals surface area contributed by atoms with Crippen LogP contribution in [0.1, 0.15) is 40.9 Å². The zero-order valence-corrected chi connectivity index (χ0v) is 20.5. The molecule has 0 fully saturated rings. The van der Waals surface area contributed by atoms with Crippen molar-refractivity contribution in [2.75, 3.05) is 10.0 Å². The molecule has 0 aliphatic rings. The zero-order chi connectivity index (χ0) is 24.9. The molecule has 3 rings (SSSR count). The molecule has 0 atom stereocenters. The average molecular weight is 480 g/mol. The normalized spacial score (nSPS) is 11.2. The molecule has 0 spiro atoms. The van der Waals surface area contributed by atoms with Gasteiger partial charge in [0.1, 0.15) is 0 Å². The molecular weight excluding hydrogens is 450 g/mol. The van der Waals surface area contributed by atoms with Gasteiger partial charge >= 0.3 is 0 Å². The Bertz CT molecular complexity index is 1300. The molecule has 0 saturated heterocycles. The van der Waals surface area contributed by atoms with Crippen molar-refractivity contribution >= 4 is 33.2 Å². The summed E-state index contributed by atoms with van der Waals surface area (Å²) in [6.45, 7) is 7.47. The minimum Gasteiger partial charge on any atom is -0.348 e. The van der Waals surface area contributed by atoms with Crippen molar-refractivity contribution in [3.8, 4) is 0 Å². The fourth-order valence-electron chi connectivity index (χ4n) is 3.17. The lowest BCUT2D eigenvalue weighted by atomic mass is 10.1. The number of amides is 2. The van der Waals surface area contributed by atoms with Crippen LogP contribution in [0.2, 0.25) is 0 Å². The first kappa shape index (κ1) is 25.0. The van der Waals surface area contributed by atoms with Gasteiger partial charge in [-0.2, -0.15) is 0 Å². The van der Waals surface area contributed by atoms with Crippen LogP contribution in [0.4, 0.5) is 11.4 Å². The Labute approximate surface area is 200 Å². The third-order valence-electron chi connectivity index (χ3n) is 5.35. The van der Waals surface area contributed by atoms with Crippen molar-refractivity contribution in [2.45, 2.75) is 39.1 Å². The summed E-state index contributed by atoms with van der Waals surface area (Å²) < 4.78 is 28.4. The first-order chi connectivity index (χ1) is 16.1. The Balaban J connectivity index is 1.70.